The van der Waals surface area contributed by atoms with Crippen molar-refractivity contribution in [3.63, 3.8) is 0 Å². The highest BCUT2D eigenvalue weighted by Gasteiger charge is 2.18. The minimum atomic E-state index is -0.216. The Hall–Kier alpha value is -1.67. The van der Waals surface area contributed by atoms with E-state index in [1.807, 2.05) is 24.3 Å². The summed E-state index contributed by atoms with van der Waals surface area (Å²) in [5.41, 5.74) is 4.52. The Morgan fingerprint density at radius 2 is 2.05 bits per heavy atom. The van der Waals surface area contributed by atoms with Crippen molar-refractivity contribution < 1.29 is 9.47 Å². The Bertz CT molecular complexity index is 652. The van der Waals surface area contributed by atoms with Crippen molar-refractivity contribution in [2.75, 3.05) is 13.7 Å². The molecular weight excluding hydrogens is 284 g/mol. The summed E-state index contributed by atoms with van der Waals surface area (Å²) in [6.07, 6.45) is 2.12. The Labute approximate surface area is 130 Å². The van der Waals surface area contributed by atoms with Crippen molar-refractivity contribution in [2.45, 2.75) is 25.1 Å². The van der Waals surface area contributed by atoms with Gasteiger partial charge in [0.25, 0.3) is 0 Å². The van der Waals surface area contributed by atoms with Crippen LogP contribution in [0.5, 0.6) is 11.5 Å². The predicted molar refractivity (Wildman–Crippen MR) is 85.7 cm³/mol. The number of hydrogen-bond donors (Lipinski definition) is 0. The lowest BCUT2D eigenvalue weighted by Crippen LogP contribution is -2.09. The second-order valence-electron chi connectivity index (χ2n) is 5.43. The number of methoxy groups -OCH3 is 1. The van der Waals surface area contributed by atoms with Crippen LogP contribution < -0.4 is 9.47 Å². The first-order chi connectivity index (χ1) is 10.2. The molecule has 0 aliphatic carbocycles. The Morgan fingerprint density at radius 3 is 2.86 bits per heavy atom. The Morgan fingerprint density at radius 1 is 1.19 bits per heavy atom. The van der Waals surface area contributed by atoms with Crippen LogP contribution in [-0.2, 0) is 6.42 Å². The first-order valence-electron chi connectivity index (χ1n) is 7.23. The van der Waals surface area contributed by atoms with Crippen molar-refractivity contribution in [2.24, 2.45) is 0 Å². The number of rotatable bonds is 3. The third-order valence-corrected chi connectivity index (χ3v) is 4.37. The average Bonchev–Trinajstić information content (AvgIpc) is 2.53. The fourth-order valence-electron chi connectivity index (χ4n) is 2.77. The Balaban J connectivity index is 1.98. The second kappa shape index (κ2) is 5.98. The van der Waals surface area contributed by atoms with Crippen LogP contribution in [0.15, 0.2) is 36.4 Å². The van der Waals surface area contributed by atoms with Crippen LogP contribution >= 0.6 is 11.6 Å². The molecule has 1 aliphatic heterocycles. The van der Waals surface area contributed by atoms with E-state index in [1.165, 1.54) is 11.1 Å². The summed E-state index contributed by atoms with van der Waals surface area (Å²) in [6.45, 7) is 2.87. The molecule has 0 saturated carbocycles. The molecule has 0 spiro atoms. The molecule has 0 amide bonds. The molecule has 2 aromatic rings. The second-order valence-corrected chi connectivity index (χ2v) is 5.86. The lowest BCUT2D eigenvalue weighted by atomic mass is 9.97. The molecule has 0 saturated heterocycles. The van der Waals surface area contributed by atoms with Crippen molar-refractivity contribution >= 4 is 11.6 Å². The van der Waals surface area contributed by atoms with E-state index in [2.05, 4.69) is 19.1 Å². The molecule has 0 bridgehead atoms. The summed E-state index contributed by atoms with van der Waals surface area (Å²) in [5.74, 6) is 1.82. The molecule has 0 N–H and O–H groups in total. The van der Waals surface area contributed by atoms with Gasteiger partial charge in [-0.05, 0) is 43.0 Å². The SMILES string of the molecule is COc1ccc(C)cc1C(Cl)c1ccc2c(c1)CCCO2. The van der Waals surface area contributed by atoms with Crippen molar-refractivity contribution in [3.8, 4) is 11.5 Å². The zero-order chi connectivity index (χ0) is 14.8. The smallest absolute Gasteiger partial charge is 0.123 e. The quantitative estimate of drug-likeness (QED) is 0.768. The molecule has 3 heteroatoms. The van der Waals surface area contributed by atoms with Crippen molar-refractivity contribution in [3.05, 3.63) is 58.7 Å². The highest BCUT2D eigenvalue weighted by molar-refractivity contribution is 6.22. The van der Waals surface area contributed by atoms with E-state index in [0.29, 0.717) is 0 Å². The average molecular weight is 303 g/mol. The highest BCUT2D eigenvalue weighted by atomic mass is 35.5. The first-order valence-corrected chi connectivity index (χ1v) is 7.67. The van der Waals surface area contributed by atoms with Crippen LogP contribution in [0, 0.1) is 6.92 Å². The number of ether oxygens (including phenoxy) is 2. The fourth-order valence-corrected chi connectivity index (χ4v) is 3.08. The van der Waals surface area contributed by atoms with Gasteiger partial charge in [0.15, 0.2) is 0 Å². The maximum absolute atomic E-state index is 6.71. The molecule has 0 aromatic heterocycles. The van der Waals surface area contributed by atoms with E-state index < -0.39 is 0 Å². The number of halogens is 1. The molecule has 1 heterocycles. The van der Waals surface area contributed by atoms with Crippen LogP contribution in [0.25, 0.3) is 0 Å². The first kappa shape index (κ1) is 14.3. The third kappa shape index (κ3) is 2.86. The van der Waals surface area contributed by atoms with E-state index in [9.17, 15) is 0 Å². The molecule has 21 heavy (non-hydrogen) atoms. The normalized spacial score (nSPS) is 15.0. The minimum Gasteiger partial charge on any atom is -0.496 e. The third-order valence-electron chi connectivity index (χ3n) is 3.88. The topological polar surface area (TPSA) is 18.5 Å². The molecule has 0 radical (unpaired) electrons. The van der Waals surface area contributed by atoms with Crippen LogP contribution in [0.4, 0.5) is 0 Å². The van der Waals surface area contributed by atoms with E-state index in [4.69, 9.17) is 21.1 Å². The highest BCUT2D eigenvalue weighted by Crippen LogP contribution is 2.38. The lowest BCUT2D eigenvalue weighted by Gasteiger charge is -2.20. The van der Waals surface area contributed by atoms with E-state index in [0.717, 1.165) is 42.1 Å². The maximum Gasteiger partial charge on any atom is 0.123 e. The maximum atomic E-state index is 6.71. The predicted octanol–water partition coefficient (Wildman–Crippen LogP) is 4.66. The fraction of sp³-hybridized carbons (Fsp3) is 0.333. The largest absolute Gasteiger partial charge is 0.496 e. The summed E-state index contributed by atoms with van der Waals surface area (Å²) in [4.78, 5) is 0. The minimum absolute atomic E-state index is 0.216. The molecule has 110 valence electrons. The van der Waals surface area contributed by atoms with Crippen molar-refractivity contribution in [1.29, 1.82) is 0 Å². The van der Waals surface area contributed by atoms with E-state index >= 15 is 0 Å². The van der Waals surface area contributed by atoms with Crippen LogP contribution in [0.2, 0.25) is 0 Å². The zero-order valence-electron chi connectivity index (χ0n) is 12.4. The number of aryl methyl sites for hydroxylation is 2. The van der Waals surface area contributed by atoms with Gasteiger partial charge in [-0.25, -0.2) is 0 Å². The van der Waals surface area contributed by atoms with Gasteiger partial charge < -0.3 is 9.47 Å². The summed E-state index contributed by atoms with van der Waals surface area (Å²) >= 11 is 6.71. The van der Waals surface area contributed by atoms with Gasteiger partial charge in [-0.2, -0.15) is 0 Å². The number of fused-ring (bicyclic) bond motifs is 1. The molecule has 0 fully saturated rings. The molecule has 1 unspecified atom stereocenters. The monoisotopic (exact) mass is 302 g/mol. The number of hydrogen-bond acceptors (Lipinski definition) is 2. The summed E-state index contributed by atoms with van der Waals surface area (Å²) in [5, 5.41) is -0.216. The molecule has 1 atom stereocenters. The van der Waals surface area contributed by atoms with Crippen molar-refractivity contribution in [1.82, 2.24) is 0 Å². The van der Waals surface area contributed by atoms with Gasteiger partial charge >= 0.3 is 0 Å². The van der Waals surface area contributed by atoms with Crippen LogP contribution in [-0.4, -0.2) is 13.7 Å². The van der Waals surface area contributed by atoms with Gasteiger partial charge in [-0.1, -0.05) is 29.8 Å². The lowest BCUT2D eigenvalue weighted by molar-refractivity contribution is 0.288. The molecule has 1 aliphatic rings. The summed E-state index contributed by atoms with van der Waals surface area (Å²) in [7, 11) is 1.68. The van der Waals surface area contributed by atoms with Gasteiger partial charge in [0.2, 0.25) is 0 Å². The van der Waals surface area contributed by atoms with Gasteiger partial charge in [-0.3, -0.25) is 0 Å². The van der Waals surface area contributed by atoms with Gasteiger partial charge in [-0.15, -0.1) is 11.6 Å². The van der Waals surface area contributed by atoms with E-state index in [-0.39, 0.29) is 5.38 Å². The Kier molecular flexibility index (Phi) is 4.07. The van der Waals surface area contributed by atoms with E-state index in [1.54, 1.807) is 7.11 Å². The van der Waals surface area contributed by atoms with Gasteiger partial charge in [0.05, 0.1) is 19.1 Å². The standard InChI is InChI=1S/C18H19ClO2/c1-12-5-7-17(20-2)15(10-12)18(19)14-6-8-16-13(11-14)4-3-9-21-16/h5-8,10-11,18H,3-4,9H2,1-2H3. The molecule has 2 aromatic carbocycles. The molecular formula is C18H19ClO2. The zero-order valence-corrected chi connectivity index (χ0v) is 13.1. The van der Waals surface area contributed by atoms with Crippen LogP contribution in [0.3, 0.4) is 0 Å². The number of alkyl halides is 1. The molecule has 3 rings (SSSR count). The summed E-state index contributed by atoms with van der Waals surface area (Å²) < 4.78 is 11.1. The summed E-state index contributed by atoms with van der Waals surface area (Å²) in [6, 6.07) is 12.3. The van der Waals surface area contributed by atoms with Gasteiger partial charge in [0, 0.05) is 5.56 Å². The van der Waals surface area contributed by atoms with Gasteiger partial charge in [0.1, 0.15) is 11.5 Å². The molecule has 2 nitrogen and oxygen atoms in total. The van der Waals surface area contributed by atoms with Crippen LogP contribution in [0.1, 0.15) is 34.1 Å². The number of benzene rings is 2.